The van der Waals surface area contributed by atoms with Crippen molar-refractivity contribution >= 4 is 75.0 Å². The van der Waals surface area contributed by atoms with Crippen LogP contribution in [0.4, 0.5) is 17.1 Å². The van der Waals surface area contributed by atoms with Crippen molar-refractivity contribution < 1.29 is 30.0 Å². The van der Waals surface area contributed by atoms with Gasteiger partial charge >= 0.3 is 5.97 Å². The molecule has 0 saturated carbocycles. The van der Waals surface area contributed by atoms with Crippen LogP contribution >= 0.6 is 0 Å². The first-order valence-corrected chi connectivity index (χ1v) is 12.0. The summed E-state index contributed by atoms with van der Waals surface area (Å²) in [5, 5.41) is 50.5. The average molecular weight is 555 g/mol. The number of phenolic OH excluding ortho intramolecular Hbond substituents is 2. The molecule has 0 atom stereocenters. The molecule has 0 aliphatic carbocycles. The van der Waals surface area contributed by atoms with E-state index in [9.17, 15) is 30.0 Å². The number of aliphatic hydroxyl groups excluding tert-OH is 1. The predicted octanol–water partition coefficient (Wildman–Crippen LogP) is 6.85. The third kappa shape index (κ3) is 6.17. The van der Waals surface area contributed by atoms with E-state index in [0.29, 0.717) is 22.0 Å². The Morgan fingerprint density at radius 3 is 2.02 bits per heavy atom. The van der Waals surface area contributed by atoms with Crippen LogP contribution in [0.5, 0.6) is 11.5 Å². The number of aromatic hydroxyl groups is 2. The molecule has 197 valence electrons. The van der Waals surface area contributed by atoms with Crippen molar-refractivity contribution in [3.63, 3.8) is 0 Å². The van der Waals surface area contributed by atoms with E-state index in [1.54, 1.807) is 54.6 Å². The van der Waals surface area contributed by atoms with Gasteiger partial charge in [-0.25, -0.2) is 9.79 Å². The number of aliphatic hydroxyl groups is 1. The molecule has 41 heavy (non-hydrogen) atoms. The Balaban J connectivity index is 0.00000387. The van der Waals surface area contributed by atoms with Crippen LogP contribution in [0, 0.1) is 0 Å². The molecular weight excluding hydrogens is 533 g/mol. The van der Waals surface area contributed by atoms with Gasteiger partial charge in [0.2, 0.25) is 5.90 Å². The van der Waals surface area contributed by atoms with Gasteiger partial charge in [-0.05, 0) is 53.9 Å². The fourth-order valence-electron chi connectivity index (χ4n) is 4.16. The number of aliphatic imine (C=N–C) groups is 1. The van der Waals surface area contributed by atoms with Crippen molar-refractivity contribution in [3.05, 3.63) is 125 Å². The molecule has 0 heterocycles. The molecule has 0 unspecified atom stereocenters. The first-order chi connectivity index (χ1) is 19.3. The maximum atomic E-state index is 13.1. The van der Waals surface area contributed by atoms with Gasteiger partial charge in [-0.3, -0.25) is 4.79 Å². The Kier molecular flexibility index (Phi) is 8.94. The molecule has 0 fully saturated rings. The maximum Gasteiger partial charge on any atom is 0.336 e. The molecule has 0 bridgehead atoms. The fourth-order valence-corrected chi connectivity index (χ4v) is 4.16. The number of aromatic carboxylic acids is 1. The first kappa shape index (κ1) is 29.2. The number of carbonyl (C=O) groups is 2. The number of hydrogen-bond acceptors (Lipinski definition) is 7. The number of carboxylic acids is 1. The Morgan fingerprint density at radius 1 is 0.610 bits per heavy atom. The number of azo groups is 1. The van der Waals surface area contributed by atoms with E-state index in [0.717, 1.165) is 0 Å². The summed E-state index contributed by atoms with van der Waals surface area (Å²) in [6, 6.07) is 26.7. The summed E-state index contributed by atoms with van der Waals surface area (Å²) in [5.41, 5.74) is 0.682. The number of benzene rings is 5. The molecular formula is C31H21N3NaO6. The van der Waals surface area contributed by atoms with Crippen LogP contribution in [-0.2, 0) is 0 Å². The van der Waals surface area contributed by atoms with Crippen molar-refractivity contribution in [2.75, 3.05) is 0 Å². The van der Waals surface area contributed by atoms with E-state index in [-0.39, 0.29) is 75.0 Å². The van der Waals surface area contributed by atoms with E-state index in [1.165, 1.54) is 42.5 Å². The zero-order chi connectivity index (χ0) is 28.2. The van der Waals surface area contributed by atoms with Crippen LogP contribution in [0.3, 0.4) is 0 Å². The van der Waals surface area contributed by atoms with Gasteiger partial charge in [0, 0.05) is 51.6 Å². The molecule has 5 aromatic rings. The number of phenols is 2. The van der Waals surface area contributed by atoms with Gasteiger partial charge in [0.25, 0.3) is 0 Å². The van der Waals surface area contributed by atoms with E-state index < -0.39 is 11.8 Å². The number of ketones is 1. The van der Waals surface area contributed by atoms with Crippen LogP contribution in [-0.4, -0.2) is 67.6 Å². The second kappa shape index (κ2) is 12.6. The third-order valence-electron chi connectivity index (χ3n) is 6.13. The van der Waals surface area contributed by atoms with Crippen LogP contribution in [0.2, 0.25) is 0 Å². The monoisotopic (exact) mass is 554 g/mol. The normalized spacial score (nSPS) is 11.4. The summed E-state index contributed by atoms with van der Waals surface area (Å²) in [7, 11) is 0. The molecule has 4 N–H and O–H groups in total. The van der Waals surface area contributed by atoms with Crippen molar-refractivity contribution in [1.82, 2.24) is 0 Å². The van der Waals surface area contributed by atoms with Gasteiger partial charge in [-0.2, -0.15) is 0 Å². The fraction of sp³-hybridized carbons (Fsp3) is 0. The van der Waals surface area contributed by atoms with Crippen LogP contribution in [0.15, 0.2) is 118 Å². The van der Waals surface area contributed by atoms with Crippen molar-refractivity contribution in [2.45, 2.75) is 0 Å². The standard InChI is InChI=1S/C31H21N3O6.Na/c35-25-15-14-20(29(37)21-10-4-5-11-22(21)31(39)40)17-24(25)33-34-28-26(36)16-13-18-9-6-12-23(27(18)28)32-30(38)19-7-2-1-3-8-19;/h1-17,35-36H,(H,32,38)(H,39,40);. The van der Waals surface area contributed by atoms with Gasteiger partial charge in [0.1, 0.15) is 22.9 Å². The van der Waals surface area contributed by atoms with E-state index >= 15 is 0 Å². The second-order valence-corrected chi connectivity index (χ2v) is 8.69. The molecule has 0 saturated heterocycles. The molecule has 5 aromatic carbocycles. The number of fused-ring (bicyclic) bond motifs is 1. The van der Waals surface area contributed by atoms with Gasteiger partial charge < -0.3 is 20.4 Å². The minimum absolute atomic E-state index is 0. The molecule has 10 heteroatoms. The largest absolute Gasteiger partial charge is 0.506 e. The topological polar surface area (TPSA) is 152 Å². The molecule has 0 spiro atoms. The van der Waals surface area contributed by atoms with Crippen LogP contribution in [0.1, 0.15) is 31.8 Å². The van der Waals surface area contributed by atoms with Crippen molar-refractivity contribution in [2.24, 2.45) is 15.2 Å². The summed E-state index contributed by atoms with van der Waals surface area (Å²) < 4.78 is 0. The smallest absolute Gasteiger partial charge is 0.336 e. The quantitative estimate of drug-likeness (QED) is 0.0567. The molecule has 5 rings (SSSR count). The van der Waals surface area contributed by atoms with Crippen LogP contribution in [0.25, 0.3) is 10.8 Å². The molecule has 1 radical (unpaired) electrons. The van der Waals surface area contributed by atoms with Gasteiger partial charge in [0.15, 0.2) is 5.78 Å². The zero-order valence-electron chi connectivity index (χ0n) is 21.8. The van der Waals surface area contributed by atoms with Crippen molar-refractivity contribution in [3.8, 4) is 11.5 Å². The summed E-state index contributed by atoms with van der Waals surface area (Å²) in [4.78, 5) is 29.0. The van der Waals surface area contributed by atoms with E-state index in [1.807, 2.05) is 6.07 Å². The number of carbonyl (C=O) groups excluding carboxylic acids is 1. The Morgan fingerprint density at radius 2 is 1.29 bits per heavy atom. The Labute approximate surface area is 256 Å². The number of nitrogens with zero attached hydrogens (tertiary/aromatic N) is 3. The summed E-state index contributed by atoms with van der Waals surface area (Å²) in [6.45, 7) is 0. The summed E-state index contributed by atoms with van der Waals surface area (Å²) in [5.74, 6) is -2.56. The first-order valence-electron chi connectivity index (χ1n) is 12.0. The number of carboxylic acid groups (broad SMARTS) is 1. The zero-order valence-corrected chi connectivity index (χ0v) is 23.8. The Bertz CT molecular complexity index is 1840. The molecule has 0 aliphatic rings. The maximum absolute atomic E-state index is 13.1. The number of rotatable bonds is 7. The molecule has 0 amide bonds. The minimum atomic E-state index is -1.24. The van der Waals surface area contributed by atoms with E-state index in [4.69, 9.17) is 0 Å². The summed E-state index contributed by atoms with van der Waals surface area (Å²) >= 11 is 0. The Hall–Kier alpha value is -4.83. The van der Waals surface area contributed by atoms with E-state index in [2.05, 4.69) is 15.2 Å². The SMILES string of the molecule is O=C(O)c1ccccc1C(=O)c1ccc(O)c(N=Nc2c(O)ccc3cccc(N=C(O)c4ccccc4)c23)c1.[Na]. The van der Waals surface area contributed by atoms with Crippen molar-refractivity contribution in [1.29, 1.82) is 0 Å². The van der Waals surface area contributed by atoms with Gasteiger partial charge in [0.05, 0.1) is 11.3 Å². The molecule has 0 aliphatic heterocycles. The minimum Gasteiger partial charge on any atom is -0.506 e. The third-order valence-corrected chi connectivity index (χ3v) is 6.13. The predicted molar refractivity (Wildman–Crippen MR) is 156 cm³/mol. The average Bonchev–Trinajstić information content (AvgIpc) is 2.97. The molecule has 0 aromatic heterocycles. The summed E-state index contributed by atoms with van der Waals surface area (Å²) in [6.07, 6.45) is 0. The second-order valence-electron chi connectivity index (χ2n) is 8.69. The van der Waals surface area contributed by atoms with Gasteiger partial charge in [-0.15, -0.1) is 10.2 Å². The van der Waals surface area contributed by atoms with Crippen LogP contribution < -0.4 is 0 Å². The van der Waals surface area contributed by atoms with Gasteiger partial charge in [-0.1, -0.05) is 54.6 Å². The number of hydrogen-bond donors (Lipinski definition) is 4. The molecule has 9 nitrogen and oxygen atoms in total.